The number of Topliss-reactive ketones (excluding diaryl/α,β-unsaturated/α-hetero) is 1. The first-order valence-electron chi connectivity index (χ1n) is 5.89. The average Bonchev–Trinajstić information content (AvgIpc) is 2.19. The number of carbonyl (C=O) groups is 1. The highest BCUT2D eigenvalue weighted by Crippen LogP contribution is 2.38. The number of phenols is 1. The molecule has 86 valence electrons. The molecule has 0 amide bonds. The molecule has 0 aliphatic heterocycles. The van der Waals surface area contributed by atoms with E-state index in [0.717, 1.165) is 12.0 Å². The molecule has 2 atom stereocenters. The zero-order valence-corrected chi connectivity index (χ0v) is 9.86. The third-order valence-electron chi connectivity index (χ3n) is 3.62. The van der Waals surface area contributed by atoms with Crippen LogP contribution in [0.1, 0.15) is 43.2 Å². The number of aryl methyl sites for hydroxylation is 1. The second kappa shape index (κ2) is 4.28. The largest absolute Gasteiger partial charge is 0.508 e. The fraction of sp³-hybridized carbons (Fsp3) is 0.500. The third-order valence-corrected chi connectivity index (χ3v) is 3.62. The fourth-order valence-corrected chi connectivity index (χ4v) is 2.74. The summed E-state index contributed by atoms with van der Waals surface area (Å²) in [5.41, 5.74) is 2.42. The Balaban J connectivity index is 2.26. The van der Waals surface area contributed by atoms with Gasteiger partial charge in [-0.05, 0) is 48.4 Å². The summed E-state index contributed by atoms with van der Waals surface area (Å²) in [7, 11) is 0. The van der Waals surface area contributed by atoms with Crippen LogP contribution in [0.15, 0.2) is 18.2 Å². The van der Waals surface area contributed by atoms with Crippen LogP contribution >= 0.6 is 0 Å². The molecule has 1 saturated carbocycles. The van der Waals surface area contributed by atoms with Gasteiger partial charge in [0, 0.05) is 12.8 Å². The van der Waals surface area contributed by atoms with E-state index in [2.05, 4.69) is 6.92 Å². The molecule has 2 unspecified atom stereocenters. The summed E-state index contributed by atoms with van der Waals surface area (Å²) in [5.74, 6) is 1.60. The van der Waals surface area contributed by atoms with E-state index in [-0.39, 0.29) is 0 Å². The molecule has 1 aliphatic rings. The Morgan fingerprint density at radius 1 is 1.38 bits per heavy atom. The Morgan fingerprint density at radius 3 is 2.75 bits per heavy atom. The minimum Gasteiger partial charge on any atom is -0.508 e. The lowest BCUT2D eigenvalue weighted by atomic mass is 9.75. The molecule has 0 aromatic heterocycles. The molecule has 16 heavy (non-hydrogen) atoms. The summed E-state index contributed by atoms with van der Waals surface area (Å²) >= 11 is 0. The minimum absolute atomic E-state index is 0.320. The van der Waals surface area contributed by atoms with Crippen molar-refractivity contribution in [3.63, 3.8) is 0 Å². The van der Waals surface area contributed by atoms with Crippen LogP contribution in [0.25, 0.3) is 0 Å². The van der Waals surface area contributed by atoms with Gasteiger partial charge in [0.15, 0.2) is 0 Å². The van der Waals surface area contributed by atoms with Gasteiger partial charge in [0.25, 0.3) is 0 Å². The predicted molar refractivity (Wildman–Crippen MR) is 63.6 cm³/mol. The minimum atomic E-state index is 0.320. The normalized spacial score (nSPS) is 25.8. The van der Waals surface area contributed by atoms with E-state index in [1.165, 1.54) is 5.56 Å². The molecule has 0 bridgehead atoms. The van der Waals surface area contributed by atoms with Gasteiger partial charge in [0.1, 0.15) is 11.5 Å². The number of hydrogen-bond acceptors (Lipinski definition) is 2. The summed E-state index contributed by atoms with van der Waals surface area (Å²) in [6.07, 6.45) is 2.35. The highest BCUT2D eigenvalue weighted by atomic mass is 16.3. The molecule has 1 aliphatic carbocycles. The molecular weight excluding hydrogens is 200 g/mol. The lowest BCUT2D eigenvalue weighted by molar-refractivity contribution is -0.121. The fourth-order valence-electron chi connectivity index (χ4n) is 2.74. The Hall–Kier alpha value is -1.31. The maximum atomic E-state index is 11.3. The lowest BCUT2D eigenvalue weighted by Gasteiger charge is -2.29. The maximum Gasteiger partial charge on any atom is 0.133 e. The van der Waals surface area contributed by atoms with Crippen molar-refractivity contribution in [3.05, 3.63) is 29.3 Å². The maximum absolute atomic E-state index is 11.3. The number of hydrogen-bond donors (Lipinski definition) is 1. The quantitative estimate of drug-likeness (QED) is 0.786. The van der Waals surface area contributed by atoms with Crippen molar-refractivity contribution in [2.24, 2.45) is 5.92 Å². The lowest BCUT2D eigenvalue weighted by Crippen LogP contribution is -2.21. The number of ketones is 1. The zero-order chi connectivity index (χ0) is 11.7. The Kier molecular flexibility index (Phi) is 2.99. The molecule has 2 rings (SSSR count). The Bertz CT molecular complexity index is 409. The van der Waals surface area contributed by atoms with Gasteiger partial charge in [-0.1, -0.05) is 13.0 Å². The van der Waals surface area contributed by atoms with Crippen LogP contribution < -0.4 is 0 Å². The average molecular weight is 218 g/mol. The molecule has 1 fully saturated rings. The van der Waals surface area contributed by atoms with Gasteiger partial charge < -0.3 is 5.11 Å². The molecule has 1 N–H and O–H groups in total. The van der Waals surface area contributed by atoms with E-state index < -0.39 is 0 Å². The van der Waals surface area contributed by atoms with Crippen molar-refractivity contribution < 1.29 is 9.90 Å². The van der Waals surface area contributed by atoms with Gasteiger partial charge in [0.05, 0.1) is 0 Å². The summed E-state index contributed by atoms with van der Waals surface area (Å²) in [6, 6.07) is 5.55. The molecular formula is C14H18O2. The summed E-state index contributed by atoms with van der Waals surface area (Å²) in [6.45, 7) is 4.17. The van der Waals surface area contributed by atoms with E-state index in [9.17, 15) is 9.90 Å². The first kappa shape index (κ1) is 11.2. The molecule has 0 heterocycles. The number of benzene rings is 1. The number of rotatable bonds is 1. The van der Waals surface area contributed by atoms with E-state index in [1.54, 1.807) is 12.1 Å². The molecule has 0 saturated heterocycles. The number of aromatic hydroxyl groups is 1. The Labute approximate surface area is 96.3 Å². The monoisotopic (exact) mass is 218 g/mol. The molecule has 0 spiro atoms. The standard InChI is InChI=1S/C14H18O2/c1-9-7-11(15)3-5-13(9)14-6-4-12(16)8-10(14)2/h3,5,7,10,14-15H,4,6,8H2,1-2H3. The van der Waals surface area contributed by atoms with Crippen molar-refractivity contribution >= 4 is 5.78 Å². The van der Waals surface area contributed by atoms with Crippen molar-refractivity contribution in [1.82, 2.24) is 0 Å². The van der Waals surface area contributed by atoms with E-state index in [0.29, 0.717) is 36.2 Å². The van der Waals surface area contributed by atoms with Gasteiger partial charge >= 0.3 is 0 Å². The topological polar surface area (TPSA) is 37.3 Å². The van der Waals surface area contributed by atoms with Crippen molar-refractivity contribution in [2.45, 2.75) is 39.0 Å². The predicted octanol–water partition coefficient (Wildman–Crippen LogP) is 3.17. The van der Waals surface area contributed by atoms with Crippen LogP contribution in [0, 0.1) is 12.8 Å². The number of carbonyl (C=O) groups excluding carboxylic acids is 1. The molecule has 2 nitrogen and oxygen atoms in total. The van der Waals surface area contributed by atoms with Gasteiger partial charge in [-0.2, -0.15) is 0 Å². The zero-order valence-electron chi connectivity index (χ0n) is 9.86. The highest BCUT2D eigenvalue weighted by molar-refractivity contribution is 5.79. The van der Waals surface area contributed by atoms with E-state index >= 15 is 0 Å². The van der Waals surface area contributed by atoms with Crippen LogP contribution in [-0.2, 0) is 4.79 Å². The van der Waals surface area contributed by atoms with Crippen LogP contribution in [-0.4, -0.2) is 10.9 Å². The van der Waals surface area contributed by atoms with Crippen molar-refractivity contribution in [2.75, 3.05) is 0 Å². The second-order valence-electron chi connectivity index (χ2n) is 4.91. The van der Waals surface area contributed by atoms with Gasteiger partial charge in [0.2, 0.25) is 0 Å². The van der Waals surface area contributed by atoms with Crippen LogP contribution in [0.3, 0.4) is 0 Å². The molecule has 2 heteroatoms. The number of phenolic OH excluding ortho intramolecular Hbond substituents is 1. The van der Waals surface area contributed by atoms with E-state index in [1.807, 2.05) is 13.0 Å². The SMILES string of the molecule is Cc1cc(O)ccc1C1CCC(=O)CC1C. The molecule has 0 radical (unpaired) electrons. The first-order chi connectivity index (χ1) is 7.58. The summed E-state index contributed by atoms with van der Waals surface area (Å²) < 4.78 is 0. The molecule has 1 aromatic rings. The van der Waals surface area contributed by atoms with Crippen molar-refractivity contribution in [1.29, 1.82) is 0 Å². The molecule has 1 aromatic carbocycles. The second-order valence-corrected chi connectivity index (χ2v) is 4.91. The smallest absolute Gasteiger partial charge is 0.133 e. The van der Waals surface area contributed by atoms with Gasteiger partial charge in [-0.15, -0.1) is 0 Å². The van der Waals surface area contributed by atoms with E-state index in [4.69, 9.17) is 0 Å². The van der Waals surface area contributed by atoms with Crippen LogP contribution in [0.2, 0.25) is 0 Å². The summed E-state index contributed by atoms with van der Waals surface area (Å²) in [4.78, 5) is 11.3. The highest BCUT2D eigenvalue weighted by Gasteiger charge is 2.27. The Morgan fingerprint density at radius 2 is 2.12 bits per heavy atom. The summed E-state index contributed by atoms with van der Waals surface area (Å²) in [5, 5.41) is 9.39. The first-order valence-corrected chi connectivity index (χ1v) is 5.89. The van der Waals surface area contributed by atoms with Gasteiger partial charge in [-0.3, -0.25) is 4.79 Å². The van der Waals surface area contributed by atoms with Crippen LogP contribution in [0.4, 0.5) is 0 Å². The van der Waals surface area contributed by atoms with Crippen LogP contribution in [0.5, 0.6) is 5.75 Å². The third kappa shape index (κ3) is 2.11. The van der Waals surface area contributed by atoms with Crippen molar-refractivity contribution in [3.8, 4) is 5.75 Å². The van der Waals surface area contributed by atoms with Gasteiger partial charge in [-0.25, -0.2) is 0 Å².